The number of aromatic nitrogens is 5. The Balaban J connectivity index is 2.55. The highest BCUT2D eigenvalue weighted by Gasteiger charge is 2.02. The van der Waals surface area contributed by atoms with E-state index in [4.69, 9.17) is 11.6 Å². The molecule has 0 saturated carbocycles. The zero-order valence-electron chi connectivity index (χ0n) is 5.92. The van der Waals surface area contributed by atoms with E-state index in [1.54, 1.807) is 0 Å². The van der Waals surface area contributed by atoms with Gasteiger partial charge in [-0.05, 0) is 0 Å². The molecule has 0 aliphatic heterocycles. The molecule has 0 amide bonds. The Kier molecular flexibility index (Phi) is 1.71. The maximum atomic E-state index is 5.80. The standard InChI is InChI=1S/C6H4ClN5/c7-5-1-8-2-10-6(5)12-4-9-3-11-12/h1-4H. The summed E-state index contributed by atoms with van der Waals surface area (Å²) in [5, 5.41) is 4.33. The Labute approximate surface area is 73.1 Å². The highest BCUT2D eigenvalue weighted by molar-refractivity contribution is 6.31. The number of nitrogens with zero attached hydrogens (tertiary/aromatic N) is 5. The van der Waals surface area contributed by atoms with Crippen LogP contribution in [0.2, 0.25) is 5.02 Å². The summed E-state index contributed by atoms with van der Waals surface area (Å²) >= 11 is 5.80. The van der Waals surface area contributed by atoms with Crippen molar-refractivity contribution in [2.45, 2.75) is 0 Å². The van der Waals surface area contributed by atoms with Crippen LogP contribution in [0.4, 0.5) is 0 Å². The zero-order chi connectivity index (χ0) is 8.39. The van der Waals surface area contributed by atoms with E-state index in [0.717, 1.165) is 0 Å². The van der Waals surface area contributed by atoms with E-state index in [9.17, 15) is 0 Å². The minimum absolute atomic E-state index is 0.447. The highest BCUT2D eigenvalue weighted by Crippen LogP contribution is 2.13. The van der Waals surface area contributed by atoms with Crippen LogP contribution in [0.5, 0.6) is 0 Å². The lowest BCUT2D eigenvalue weighted by molar-refractivity contribution is 0.838. The molecule has 12 heavy (non-hydrogen) atoms. The van der Waals surface area contributed by atoms with Crippen LogP contribution in [-0.2, 0) is 0 Å². The molecule has 0 bridgehead atoms. The van der Waals surface area contributed by atoms with Crippen molar-refractivity contribution in [3.63, 3.8) is 0 Å². The Hall–Kier alpha value is -1.49. The lowest BCUT2D eigenvalue weighted by Gasteiger charge is -1.98. The highest BCUT2D eigenvalue weighted by atomic mass is 35.5. The van der Waals surface area contributed by atoms with Crippen molar-refractivity contribution < 1.29 is 0 Å². The predicted molar refractivity (Wildman–Crippen MR) is 42.0 cm³/mol. The summed E-state index contributed by atoms with van der Waals surface area (Å²) in [4.78, 5) is 11.5. The van der Waals surface area contributed by atoms with E-state index in [2.05, 4.69) is 20.1 Å². The monoisotopic (exact) mass is 181 g/mol. The smallest absolute Gasteiger partial charge is 0.177 e. The van der Waals surface area contributed by atoms with Crippen molar-refractivity contribution in [3.8, 4) is 5.82 Å². The summed E-state index contributed by atoms with van der Waals surface area (Å²) < 4.78 is 1.48. The minimum Gasteiger partial charge on any atom is -0.243 e. The summed E-state index contributed by atoms with van der Waals surface area (Å²) in [5.41, 5.74) is 0. The summed E-state index contributed by atoms with van der Waals surface area (Å²) in [7, 11) is 0. The minimum atomic E-state index is 0.447. The molecule has 0 aromatic carbocycles. The molecule has 6 heteroatoms. The van der Waals surface area contributed by atoms with Crippen LogP contribution in [0.25, 0.3) is 5.82 Å². The van der Waals surface area contributed by atoms with Gasteiger partial charge in [-0.2, -0.15) is 5.10 Å². The average molecular weight is 182 g/mol. The van der Waals surface area contributed by atoms with Crippen LogP contribution in [0.1, 0.15) is 0 Å². The van der Waals surface area contributed by atoms with Crippen molar-refractivity contribution in [2.75, 3.05) is 0 Å². The third kappa shape index (κ3) is 1.14. The fraction of sp³-hybridized carbons (Fsp3) is 0. The average Bonchev–Trinajstić information content (AvgIpc) is 2.57. The van der Waals surface area contributed by atoms with Crippen LogP contribution in [-0.4, -0.2) is 24.7 Å². The Morgan fingerprint density at radius 2 is 2.17 bits per heavy atom. The molecule has 2 heterocycles. The molecule has 0 radical (unpaired) electrons. The van der Waals surface area contributed by atoms with Gasteiger partial charge in [0.15, 0.2) is 5.82 Å². The van der Waals surface area contributed by atoms with Gasteiger partial charge in [0.1, 0.15) is 24.0 Å². The van der Waals surface area contributed by atoms with Crippen molar-refractivity contribution in [1.82, 2.24) is 24.7 Å². The van der Waals surface area contributed by atoms with E-state index in [0.29, 0.717) is 10.8 Å². The first-order chi connectivity index (χ1) is 5.88. The third-order valence-corrected chi connectivity index (χ3v) is 1.55. The van der Waals surface area contributed by atoms with Gasteiger partial charge in [-0.15, -0.1) is 0 Å². The second kappa shape index (κ2) is 2.86. The van der Waals surface area contributed by atoms with Crippen LogP contribution in [0.3, 0.4) is 0 Å². The predicted octanol–water partition coefficient (Wildman–Crippen LogP) is 0.711. The molecule has 2 aromatic rings. The second-order valence-corrected chi connectivity index (χ2v) is 2.44. The molecule has 0 N–H and O–H groups in total. The van der Waals surface area contributed by atoms with Crippen molar-refractivity contribution >= 4 is 11.6 Å². The fourth-order valence-corrected chi connectivity index (χ4v) is 0.984. The van der Waals surface area contributed by atoms with E-state index in [-0.39, 0.29) is 0 Å². The molecule has 0 atom stereocenters. The van der Waals surface area contributed by atoms with Crippen molar-refractivity contribution in [2.24, 2.45) is 0 Å². The normalized spacial score (nSPS) is 10.1. The van der Waals surface area contributed by atoms with E-state index in [1.807, 2.05) is 0 Å². The van der Waals surface area contributed by atoms with Gasteiger partial charge in [0.05, 0.1) is 6.20 Å². The SMILES string of the molecule is Clc1cncnc1-n1cncn1. The Bertz CT molecular complexity index is 371. The molecule has 0 unspecified atom stereocenters. The van der Waals surface area contributed by atoms with Crippen LogP contribution in [0, 0.1) is 0 Å². The van der Waals surface area contributed by atoms with Gasteiger partial charge in [0, 0.05) is 0 Å². The Morgan fingerprint density at radius 1 is 1.25 bits per heavy atom. The first-order valence-electron chi connectivity index (χ1n) is 3.18. The molecule has 0 spiro atoms. The first-order valence-corrected chi connectivity index (χ1v) is 3.56. The van der Waals surface area contributed by atoms with Gasteiger partial charge in [0.25, 0.3) is 0 Å². The number of rotatable bonds is 1. The maximum Gasteiger partial charge on any atom is 0.177 e. The lowest BCUT2D eigenvalue weighted by Crippen LogP contribution is -1.98. The molecule has 5 nitrogen and oxygen atoms in total. The maximum absolute atomic E-state index is 5.80. The van der Waals surface area contributed by atoms with Crippen molar-refractivity contribution in [1.29, 1.82) is 0 Å². The lowest BCUT2D eigenvalue weighted by atomic mass is 10.6. The molecule has 2 aromatic heterocycles. The van der Waals surface area contributed by atoms with Crippen LogP contribution in [0.15, 0.2) is 25.2 Å². The third-order valence-electron chi connectivity index (χ3n) is 1.28. The summed E-state index contributed by atoms with van der Waals surface area (Å²) in [6.07, 6.45) is 5.85. The Morgan fingerprint density at radius 3 is 2.83 bits per heavy atom. The van der Waals surface area contributed by atoms with E-state index in [1.165, 1.54) is 29.9 Å². The number of halogens is 1. The molecule has 0 saturated heterocycles. The largest absolute Gasteiger partial charge is 0.243 e. The fourth-order valence-electron chi connectivity index (χ4n) is 0.792. The quantitative estimate of drug-likeness (QED) is 0.650. The van der Waals surface area contributed by atoms with Gasteiger partial charge in [0.2, 0.25) is 0 Å². The molecule has 0 aliphatic rings. The molecular weight excluding hydrogens is 178 g/mol. The summed E-state index contributed by atoms with van der Waals surface area (Å²) in [6, 6.07) is 0. The number of hydrogen-bond donors (Lipinski definition) is 0. The second-order valence-electron chi connectivity index (χ2n) is 2.03. The summed E-state index contributed by atoms with van der Waals surface area (Å²) in [5.74, 6) is 0.532. The van der Waals surface area contributed by atoms with Gasteiger partial charge < -0.3 is 0 Å². The molecule has 60 valence electrons. The zero-order valence-corrected chi connectivity index (χ0v) is 6.68. The van der Waals surface area contributed by atoms with E-state index < -0.39 is 0 Å². The topological polar surface area (TPSA) is 56.5 Å². The molecule has 0 aliphatic carbocycles. The molecule has 0 fully saturated rings. The summed E-state index contributed by atoms with van der Waals surface area (Å²) in [6.45, 7) is 0. The molecule has 2 rings (SSSR count). The van der Waals surface area contributed by atoms with Gasteiger partial charge >= 0.3 is 0 Å². The number of hydrogen-bond acceptors (Lipinski definition) is 4. The van der Waals surface area contributed by atoms with Gasteiger partial charge in [-0.25, -0.2) is 19.6 Å². The van der Waals surface area contributed by atoms with Gasteiger partial charge in [-0.3, -0.25) is 0 Å². The first kappa shape index (κ1) is 7.17. The van der Waals surface area contributed by atoms with Crippen molar-refractivity contribution in [3.05, 3.63) is 30.2 Å². The van der Waals surface area contributed by atoms with Crippen LogP contribution < -0.4 is 0 Å². The van der Waals surface area contributed by atoms with Crippen LogP contribution >= 0.6 is 11.6 Å². The molecular formula is C6H4ClN5. The van der Waals surface area contributed by atoms with Gasteiger partial charge in [-0.1, -0.05) is 11.6 Å². The van der Waals surface area contributed by atoms with E-state index >= 15 is 0 Å².